The zero-order valence-corrected chi connectivity index (χ0v) is 14.8. The minimum Gasteiger partial charge on any atom is -0.481 e. The van der Waals surface area contributed by atoms with Gasteiger partial charge in [0.15, 0.2) is 0 Å². The molecule has 0 saturated heterocycles. The number of aliphatic hydroxyl groups is 2. The molecule has 1 unspecified atom stereocenters. The molecule has 0 radical (unpaired) electrons. The second kappa shape index (κ2) is 8.53. The monoisotopic (exact) mass is 354 g/mol. The van der Waals surface area contributed by atoms with Crippen molar-refractivity contribution in [3.63, 3.8) is 0 Å². The number of benzene rings is 1. The van der Waals surface area contributed by atoms with E-state index in [1.54, 1.807) is 0 Å². The summed E-state index contributed by atoms with van der Waals surface area (Å²) in [7, 11) is 0. The van der Waals surface area contributed by atoms with Crippen molar-refractivity contribution in [1.29, 1.82) is 0 Å². The minimum atomic E-state index is -0.770. The van der Waals surface area contributed by atoms with E-state index in [-0.39, 0.29) is 12.3 Å². The van der Waals surface area contributed by atoms with Crippen molar-refractivity contribution in [2.45, 2.75) is 50.7 Å². The molecule has 0 bridgehead atoms. The Balaban J connectivity index is 1.59. The number of carbonyl (C=O) groups is 1. The molecule has 0 aromatic heterocycles. The highest BCUT2D eigenvalue weighted by Crippen LogP contribution is 2.51. The van der Waals surface area contributed by atoms with Gasteiger partial charge in [-0.2, -0.15) is 0 Å². The Bertz CT molecular complexity index is 713. The van der Waals surface area contributed by atoms with Gasteiger partial charge in [-0.1, -0.05) is 53.8 Å². The summed E-state index contributed by atoms with van der Waals surface area (Å²) in [6.45, 7) is 0. The van der Waals surface area contributed by atoms with Crippen molar-refractivity contribution in [1.82, 2.24) is 0 Å². The lowest BCUT2D eigenvalue weighted by Gasteiger charge is -2.48. The maximum atomic E-state index is 10.6. The fourth-order valence-electron chi connectivity index (χ4n) is 4.17. The van der Waals surface area contributed by atoms with Crippen molar-refractivity contribution < 1.29 is 20.1 Å². The van der Waals surface area contributed by atoms with Crippen molar-refractivity contribution in [3.05, 3.63) is 47.5 Å². The van der Waals surface area contributed by atoms with Crippen LogP contribution in [-0.2, 0) is 11.2 Å². The summed E-state index contributed by atoms with van der Waals surface area (Å²) < 4.78 is 0. The van der Waals surface area contributed by atoms with Crippen LogP contribution in [0.1, 0.15) is 37.7 Å². The molecule has 26 heavy (non-hydrogen) atoms. The van der Waals surface area contributed by atoms with Crippen LogP contribution < -0.4 is 0 Å². The minimum absolute atomic E-state index is 0.101. The van der Waals surface area contributed by atoms with E-state index in [0.717, 1.165) is 18.4 Å². The molecule has 3 N–H and O–H groups in total. The second-order valence-electron chi connectivity index (χ2n) is 7.35. The largest absolute Gasteiger partial charge is 0.481 e. The highest BCUT2D eigenvalue weighted by atomic mass is 16.4. The maximum absolute atomic E-state index is 10.6. The smallest absolute Gasteiger partial charge is 0.303 e. The van der Waals surface area contributed by atoms with Crippen molar-refractivity contribution in [2.75, 3.05) is 0 Å². The van der Waals surface area contributed by atoms with E-state index in [1.165, 1.54) is 5.57 Å². The van der Waals surface area contributed by atoms with Gasteiger partial charge in [0.05, 0.1) is 12.0 Å². The van der Waals surface area contributed by atoms with E-state index in [2.05, 4.69) is 17.9 Å². The van der Waals surface area contributed by atoms with Crippen molar-refractivity contribution in [3.8, 4) is 11.8 Å². The lowest BCUT2D eigenvalue weighted by Crippen LogP contribution is -2.44. The molecule has 2 aliphatic rings. The number of aliphatic hydroxyl groups excluding tert-OH is 2. The van der Waals surface area contributed by atoms with Crippen LogP contribution >= 0.6 is 0 Å². The summed E-state index contributed by atoms with van der Waals surface area (Å²) in [4.78, 5) is 10.6. The number of aliphatic carboxylic acids is 1. The number of carboxylic acids is 1. The van der Waals surface area contributed by atoms with Gasteiger partial charge >= 0.3 is 5.97 Å². The van der Waals surface area contributed by atoms with E-state index in [0.29, 0.717) is 31.1 Å². The Morgan fingerprint density at radius 3 is 2.77 bits per heavy atom. The summed E-state index contributed by atoms with van der Waals surface area (Å²) in [6, 6.07) is 9.76. The molecule has 1 aromatic carbocycles. The van der Waals surface area contributed by atoms with Gasteiger partial charge in [-0.25, -0.2) is 0 Å². The number of fused-ring (bicyclic) bond motifs is 1. The first-order chi connectivity index (χ1) is 12.5. The molecule has 0 aliphatic heterocycles. The Hall–Kier alpha value is -2.09. The summed E-state index contributed by atoms with van der Waals surface area (Å²) in [5, 5.41) is 29.3. The molecule has 0 spiro atoms. The number of carboxylic acid groups (broad SMARTS) is 1. The van der Waals surface area contributed by atoms with Crippen LogP contribution in [0.4, 0.5) is 0 Å². The predicted molar refractivity (Wildman–Crippen MR) is 99.2 cm³/mol. The average molecular weight is 354 g/mol. The first-order valence-corrected chi connectivity index (χ1v) is 9.36. The molecular formula is C22H26O4. The quantitative estimate of drug-likeness (QED) is 0.561. The molecule has 5 atom stereocenters. The Morgan fingerprint density at radius 1 is 1.27 bits per heavy atom. The molecule has 1 aromatic rings. The van der Waals surface area contributed by atoms with Crippen LogP contribution in [0.15, 0.2) is 42.0 Å². The molecule has 138 valence electrons. The van der Waals surface area contributed by atoms with Crippen LogP contribution in [0.3, 0.4) is 0 Å². The average Bonchev–Trinajstić information content (AvgIpc) is 2.59. The lowest BCUT2D eigenvalue weighted by atomic mass is 9.57. The number of hydrogen-bond acceptors (Lipinski definition) is 3. The molecule has 0 amide bonds. The van der Waals surface area contributed by atoms with Gasteiger partial charge in [0.25, 0.3) is 0 Å². The van der Waals surface area contributed by atoms with Gasteiger partial charge in [0, 0.05) is 12.8 Å². The summed E-state index contributed by atoms with van der Waals surface area (Å²) in [5.41, 5.74) is 2.36. The SMILES string of the molecule is O=C(O)CCC=C1C[C@H]2[C@H](C#CC(O)Cc3ccccc3)[C@@H](O)CC[C@@H]12. The van der Waals surface area contributed by atoms with Crippen molar-refractivity contribution in [2.24, 2.45) is 17.8 Å². The van der Waals surface area contributed by atoms with Gasteiger partial charge in [-0.05, 0) is 43.1 Å². The van der Waals surface area contributed by atoms with E-state index >= 15 is 0 Å². The third-order valence-corrected chi connectivity index (χ3v) is 5.57. The highest BCUT2D eigenvalue weighted by Gasteiger charge is 2.46. The van der Waals surface area contributed by atoms with Crippen LogP contribution in [-0.4, -0.2) is 33.5 Å². The van der Waals surface area contributed by atoms with E-state index in [4.69, 9.17) is 5.11 Å². The van der Waals surface area contributed by atoms with Gasteiger partial charge in [0.1, 0.15) is 6.10 Å². The van der Waals surface area contributed by atoms with E-state index in [1.807, 2.05) is 30.3 Å². The highest BCUT2D eigenvalue weighted by molar-refractivity contribution is 5.66. The van der Waals surface area contributed by atoms with Crippen LogP contribution in [0.25, 0.3) is 0 Å². The maximum Gasteiger partial charge on any atom is 0.303 e. The normalized spacial score (nSPS) is 29.8. The van der Waals surface area contributed by atoms with Crippen LogP contribution in [0, 0.1) is 29.6 Å². The zero-order valence-electron chi connectivity index (χ0n) is 14.8. The Morgan fingerprint density at radius 2 is 2.04 bits per heavy atom. The third-order valence-electron chi connectivity index (χ3n) is 5.57. The first-order valence-electron chi connectivity index (χ1n) is 9.36. The molecule has 2 aliphatic carbocycles. The van der Waals surface area contributed by atoms with Gasteiger partial charge in [0.2, 0.25) is 0 Å². The molecule has 2 fully saturated rings. The van der Waals surface area contributed by atoms with Crippen LogP contribution in [0.2, 0.25) is 0 Å². The predicted octanol–water partition coefficient (Wildman–Crippen LogP) is 2.79. The van der Waals surface area contributed by atoms with Crippen LogP contribution in [0.5, 0.6) is 0 Å². The first kappa shape index (κ1) is 18.7. The standard InChI is InChI=1S/C22H26O4/c23-17(13-15-5-2-1-3-6-15)9-10-19-20-14-16(7-4-8-22(25)26)18(20)11-12-21(19)24/h1-3,5-7,17-21,23-24H,4,8,11-14H2,(H,25,26)/t17?,18-,19-,20+,21-/m0/s1. The fraction of sp³-hybridized carbons (Fsp3) is 0.500. The number of hydrogen-bond donors (Lipinski definition) is 3. The lowest BCUT2D eigenvalue weighted by molar-refractivity contribution is -0.136. The molecule has 0 heterocycles. The number of allylic oxidation sites excluding steroid dienone is 2. The molecule has 4 heteroatoms. The summed E-state index contributed by atoms with van der Waals surface area (Å²) in [6.07, 6.45) is 4.66. The van der Waals surface area contributed by atoms with E-state index in [9.17, 15) is 15.0 Å². The summed E-state index contributed by atoms with van der Waals surface area (Å²) in [5.74, 6) is 5.95. The second-order valence-corrected chi connectivity index (χ2v) is 7.35. The Labute approximate surface area is 154 Å². The third kappa shape index (κ3) is 4.55. The number of rotatable bonds is 5. The molecular weight excluding hydrogens is 328 g/mol. The molecule has 2 saturated carbocycles. The van der Waals surface area contributed by atoms with Gasteiger partial charge in [-0.3, -0.25) is 4.79 Å². The van der Waals surface area contributed by atoms with Gasteiger partial charge in [-0.15, -0.1) is 0 Å². The van der Waals surface area contributed by atoms with Gasteiger partial charge < -0.3 is 15.3 Å². The zero-order chi connectivity index (χ0) is 18.5. The molecule has 4 nitrogen and oxygen atoms in total. The molecule has 3 rings (SSSR count). The summed E-state index contributed by atoms with van der Waals surface area (Å²) >= 11 is 0. The topological polar surface area (TPSA) is 77.8 Å². The van der Waals surface area contributed by atoms with Crippen molar-refractivity contribution >= 4 is 5.97 Å². The Kier molecular flexibility index (Phi) is 6.13. The van der Waals surface area contributed by atoms with E-state index < -0.39 is 18.2 Å². The fourth-order valence-corrected chi connectivity index (χ4v) is 4.17.